The lowest BCUT2D eigenvalue weighted by Crippen LogP contribution is -2.43. The molecule has 184 valence electrons. The monoisotopic (exact) mass is 559 g/mol. The van der Waals surface area contributed by atoms with Gasteiger partial charge in [0.25, 0.3) is 11.5 Å². The average Bonchev–Trinajstić information content (AvgIpc) is 3.40. The molecule has 1 aliphatic heterocycles. The van der Waals surface area contributed by atoms with Crippen LogP contribution in [0.4, 0.5) is 0 Å². The summed E-state index contributed by atoms with van der Waals surface area (Å²) in [5.41, 5.74) is 1.36. The third kappa shape index (κ3) is 4.60. The second-order valence-corrected chi connectivity index (χ2v) is 9.60. The van der Waals surface area contributed by atoms with E-state index in [2.05, 4.69) is 20.9 Å². The van der Waals surface area contributed by atoms with Gasteiger partial charge in [0.2, 0.25) is 0 Å². The molecule has 0 radical (unpaired) electrons. The van der Waals surface area contributed by atoms with Gasteiger partial charge in [0.15, 0.2) is 9.47 Å². The summed E-state index contributed by atoms with van der Waals surface area (Å²) in [6, 6.07) is 8.15. The van der Waals surface area contributed by atoms with Crippen LogP contribution in [0, 0.1) is 0 Å². The molecule has 8 nitrogen and oxygen atoms in total. The van der Waals surface area contributed by atoms with Crippen LogP contribution < -0.4 is 24.4 Å². The number of ether oxygens (including phenoxy) is 2. The summed E-state index contributed by atoms with van der Waals surface area (Å²) >= 11 is 4.54. The summed E-state index contributed by atoms with van der Waals surface area (Å²) in [6.07, 6.45) is 1.68. The first-order chi connectivity index (χ1) is 16.8. The Hall–Kier alpha value is -3.11. The van der Waals surface area contributed by atoms with Crippen molar-refractivity contribution in [3.05, 3.63) is 77.3 Å². The Morgan fingerprint density at radius 2 is 1.97 bits per heavy atom. The van der Waals surface area contributed by atoms with Gasteiger partial charge in [-0.1, -0.05) is 11.3 Å². The van der Waals surface area contributed by atoms with E-state index >= 15 is 0 Å². The molecule has 35 heavy (non-hydrogen) atoms. The lowest BCUT2D eigenvalue weighted by Gasteiger charge is -2.30. The highest BCUT2D eigenvalue weighted by Gasteiger charge is 2.36. The molecule has 0 fully saturated rings. The smallest absolute Gasteiger partial charge is 0.271 e. The number of benzene rings is 1. The number of fused-ring (bicyclic) bond motifs is 1. The molecule has 0 aliphatic carbocycles. The fraction of sp³-hybridized carbons (Fsp3) is 0.320. The highest BCUT2D eigenvalue weighted by molar-refractivity contribution is 9.10. The maximum absolute atomic E-state index is 13.8. The van der Waals surface area contributed by atoms with Crippen LogP contribution in [0.5, 0.6) is 11.5 Å². The molecular formula is C25H26BrN3O5S. The van der Waals surface area contributed by atoms with Gasteiger partial charge >= 0.3 is 0 Å². The third-order valence-electron chi connectivity index (χ3n) is 5.90. The summed E-state index contributed by atoms with van der Waals surface area (Å²) in [5, 5.41) is 0. The maximum atomic E-state index is 13.8. The normalized spacial score (nSPS) is 15.6. The Morgan fingerprint density at radius 1 is 1.23 bits per heavy atom. The van der Waals surface area contributed by atoms with E-state index in [0.717, 1.165) is 0 Å². The molecule has 3 heterocycles. The largest absolute Gasteiger partial charge is 0.497 e. The van der Waals surface area contributed by atoms with Gasteiger partial charge in [-0.15, -0.1) is 0 Å². The molecular weight excluding hydrogens is 534 g/mol. The van der Waals surface area contributed by atoms with Crippen molar-refractivity contribution in [2.24, 2.45) is 4.99 Å². The van der Waals surface area contributed by atoms with E-state index in [4.69, 9.17) is 13.9 Å². The summed E-state index contributed by atoms with van der Waals surface area (Å²) in [4.78, 5) is 34.4. The predicted molar refractivity (Wildman–Crippen MR) is 138 cm³/mol. The molecule has 3 aromatic rings. The number of methoxy groups -OCH3 is 2. The van der Waals surface area contributed by atoms with Crippen LogP contribution in [0.15, 0.2) is 60.5 Å². The number of furan rings is 1. The van der Waals surface area contributed by atoms with E-state index in [9.17, 15) is 9.59 Å². The number of hydrogen-bond donors (Lipinski definition) is 0. The van der Waals surface area contributed by atoms with Gasteiger partial charge in [-0.2, -0.15) is 0 Å². The summed E-state index contributed by atoms with van der Waals surface area (Å²) in [7, 11) is 3.13. The fourth-order valence-corrected chi connectivity index (χ4v) is 5.50. The first-order valence-corrected chi connectivity index (χ1v) is 12.7. The average molecular weight is 560 g/mol. The summed E-state index contributed by atoms with van der Waals surface area (Å²) in [6.45, 7) is 6.72. The van der Waals surface area contributed by atoms with Gasteiger partial charge in [0, 0.05) is 24.7 Å². The summed E-state index contributed by atoms with van der Waals surface area (Å²) < 4.78 is 19.3. The number of hydrogen-bond acceptors (Lipinski definition) is 7. The molecule has 0 bridgehead atoms. The first kappa shape index (κ1) is 25.0. The van der Waals surface area contributed by atoms with Crippen molar-refractivity contribution < 1.29 is 18.7 Å². The number of aromatic nitrogens is 1. The van der Waals surface area contributed by atoms with E-state index in [0.29, 0.717) is 61.2 Å². The van der Waals surface area contributed by atoms with E-state index in [1.54, 1.807) is 67.0 Å². The van der Waals surface area contributed by atoms with Crippen molar-refractivity contribution in [1.29, 1.82) is 0 Å². The predicted octanol–water partition coefficient (Wildman–Crippen LogP) is 3.48. The fourth-order valence-electron chi connectivity index (χ4n) is 4.16. The van der Waals surface area contributed by atoms with Gasteiger partial charge < -0.3 is 18.8 Å². The second kappa shape index (κ2) is 10.2. The second-order valence-electron chi connectivity index (χ2n) is 7.81. The highest BCUT2D eigenvalue weighted by atomic mass is 79.9. The lowest BCUT2D eigenvalue weighted by molar-refractivity contribution is -0.127. The minimum atomic E-state index is -0.741. The zero-order valence-electron chi connectivity index (χ0n) is 20.1. The van der Waals surface area contributed by atoms with E-state index in [-0.39, 0.29) is 11.5 Å². The zero-order valence-corrected chi connectivity index (χ0v) is 22.5. The Morgan fingerprint density at radius 3 is 2.57 bits per heavy atom. The van der Waals surface area contributed by atoms with Crippen LogP contribution in [-0.2, 0) is 4.79 Å². The summed E-state index contributed by atoms with van der Waals surface area (Å²) in [5.74, 6) is 1.50. The van der Waals surface area contributed by atoms with Crippen molar-refractivity contribution in [1.82, 2.24) is 9.47 Å². The molecule has 1 aromatic carbocycles. The first-order valence-electron chi connectivity index (χ1n) is 11.1. The van der Waals surface area contributed by atoms with Crippen LogP contribution in [0.3, 0.4) is 0 Å². The molecule has 0 saturated carbocycles. The Kier molecular flexibility index (Phi) is 7.32. The zero-order chi connectivity index (χ0) is 25.3. The van der Waals surface area contributed by atoms with E-state index in [1.165, 1.54) is 11.3 Å². The molecule has 0 N–H and O–H groups in total. The number of halogens is 1. The van der Waals surface area contributed by atoms with Gasteiger partial charge in [0.05, 0.1) is 30.0 Å². The van der Waals surface area contributed by atoms with Gasteiger partial charge in [-0.3, -0.25) is 14.2 Å². The van der Waals surface area contributed by atoms with E-state index < -0.39 is 6.04 Å². The number of thiazole rings is 1. The topological polar surface area (TPSA) is 86.3 Å². The van der Waals surface area contributed by atoms with E-state index in [1.807, 2.05) is 13.8 Å². The molecule has 4 rings (SSSR count). The van der Waals surface area contributed by atoms with Crippen molar-refractivity contribution in [2.45, 2.75) is 26.8 Å². The number of amides is 1. The Labute approximate surface area is 214 Å². The minimum absolute atomic E-state index is 0.171. The Bertz CT molecular complexity index is 1480. The molecule has 1 aliphatic rings. The molecule has 0 saturated heterocycles. The third-order valence-corrected chi connectivity index (χ3v) is 7.31. The van der Waals surface area contributed by atoms with Gasteiger partial charge in [-0.25, -0.2) is 4.99 Å². The number of rotatable bonds is 7. The number of carbonyl (C=O) groups excluding carboxylic acids is 1. The van der Waals surface area contributed by atoms with Crippen molar-refractivity contribution in [2.75, 3.05) is 27.3 Å². The SMILES string of the molecule is CCN(CC)C(=O)C1=C(C)N=c2s/c(=C/c3ccc(Br)o3)c(=O)n2[C@@H]1c1cc(OC)ccc1OC. The molecule has 10 heteroatoms. The standard InChI is InChI=1S/C25H26BrN3O5S/c1-6-28(7-2)24(31)21-14(3)27-25-29(22(21)17-12-15(32-4)8-10-18(17)33-5)23(30)19(35-25)13-16-9-11-20(26)34-16/h8-13,22H,6-7H2,1-5H3/b19-13+/t22-/m1/s1. The number of likely N-dealkylation sites (N-methyl/N-ethyl adjacent to an activating group) is 1. The van der Waals surface area contributed by atoms with Crippen molar-refractivity contribution >= 4 is 39.2 Å². The molecule has 1 atom stereocenters. The van der Waals surface area contributed by atoms with Crippen LogP contribution >= 0.6 is 27.3 Å². The van der Waals surface area contributed by atoms with Crippen LogP contribution in [0.1, 0.15) is 38.1 Å². The van der Waals surface area contributed by atoms with Crippen LogP contribution in [-0.4, -0.2) is 42.7 Å². The lowest BCUT2D eigenvalue weighted by atomic mass is 9.93. The Balaban J connectivity index is 2.03. The van der Waals surface area contributed by atoms with Crippen molar-refractivity contribution in [3.63, 3.8) is 0 Å². The van der Waals surface area contributed by atoms with Crippen LogP contribution in [0.25, 0.3) is 6.08 Å². The van der Waals surface area contributed by atoms with Crippen LogP contribution in [0.2, 0.25) is 0 Å². The van der Waals surface area contributed by atoms with Gasteiger partial charge in [0.1, 0.15) is 23.3 Å². The highest BCUT2D eigenvalue weighted by Crippen LogP contribution is 2.38. The minimum Gasteiger partial charge on any atom is -0.497 e. The molecule has 1 amide bonds. The quantitative estimate of drug-likeness (QED) is 0.442. The van der Waals surface area contributed by atoms with Crippen molar-refractivity contribution in [3.8, 4) is 11.5 Å². The number of nitrogens with zero attached hydrogens (tertiary/aromatic N) is 3. The number of carbonyl (C=O) groups is 1. The number of allylic oxidation sites excluding steroid dienone is 1. The maximum Gasteiger partial charge on any atom is 0.271 e. The molecule has 0 spiro atoms. The molecule has 0 unspecified atom stereocenters. The van der Waals surface area contributed by atoms with Gasteiger partial charge in [-0.05, 0) is 67.0 Å². The molecule has 2 aromatic heterocycles.